The standard InChI is InChI=1S/C31H61NO2/c1-3-4-5-6-7-8-9-10-11-12-13-14-15-16-17-18-19-20-21-22-23-24-25-26-27-28-34-31(33)29-30(2)32/h29H,3-28,32H2,1-2H3/b30-29-. The van der Waals surface area contributed by atoms with Crippen LogP contribution < -0.4 is 5.73 Å². The van der Waals surface area contributed by atoms with Crippen LogP contribution in [0.15, 0.2) is 11.8 Å². The van der Waals surface area contributed by atoms with Gasteiger partial charge >= 0.3 is 5.97 Å². The van der Waals surface area contributed by atoms with Gasteiger partial charge in [-0.2, -0.15) is 0 Å². The lowest BCUT2D eigenvalue weighted by molar-refractivity contribution is -0.137. The van der Waals surface area contributed by atoms with E-state index in [9.17, 15) is 4.79 Å². The maximum absolute atomic E-state index is 11.3. The summed E-state index contributed by atoms with van der Waals surface area (Å²) in [4.78, 5) is 11.3. The smallest absolute Gasteiger partial charge is 0.332 e. The van der Waals surface area contributed by atoms with E-state index in [0.29, 0.717) is 12.3 Å². The van der Waals surface area contributed by atoms with E-state index in [2.05, 4.69) is 6.92 Å². The number of carbonyl (C=O) groups excluding carboxylic acids is 1. The lowest BCUT2D eigenvalue weighted by atomic mass is 10.0. The maximum atomic E-state index is 11.3. The van der Waals surface area contributed by atoms with Crippen LogP contribution in [-0.4, -0.2) is 12.6 Å². The minimum atomic E-state index is -0.315. The Morgan fingerprint density at radius 1 is 0.529 bits per heavy atom. The highest BCUT2D eigenvalue weighted by Crippen LogP contribution is 2.15. The Morgan fingerprint density at radius 3 is 1.06 bits per heavy atom. The van der Waals surface area contributed by atoms with Crippen molar-refractivity contribution in [1.29, 1.82) is 0 Å². The van der Waals surface area contributed by atoms with Crippen molar-refractivity contribution in [3.05, 3.63) is 11.8 Å². The molecule has 0 amide bonds. The van der Waals surface area contributed by atoms with Gasteiger partial charge < -0.3 is 10.5 Å². The highest BCUT2D eigenvalue weighted by molar-refractivity contribution is 5.82. The molecule has 0 saturated heterocycles. The number of rotatable bonds is 27. The molecule has 0 spiro atoms. The van der Waals surface area contributed by atoms with Crippen LogP contribution in [0.2, 0.25) is 0 Å². The molecular formula is C31H61NO2. The number of unbranched alkanes of at least 4 members (excludes halogenated alkanes) is 24. The van der Waals surface area contributed by atoms with Crippen LogP contribution in [0.5, 0.6) is 0 Å². The number of nitrogens with two attached hydrogens (primary N) is 1. The SMILES string of the molecule is CCCCCCCCCCCCCCCCCCCCCCCCCCCOC(=O)/C=C(/C)N. The van der Waals surface area contributed by atoms with Crippen LogP contribution in [0.4, 0.5) is 0 Å². The van der Waals surface area contributed by atoms with Crippen LogP contribution in [0.3, 0.4) is 0 Å². The van der Waals surface area contributed by atoms with E-state index < -0.39 is 0 Å². The Labute approximate surface area is 214 Å². The number of ether oxygens (including phenoxy) is 1. The van der Waals surface area contributed by atoms with Crippen LogP contribution in [-0.2, 0) is 9.53 Å². The molecular weight excluding hydrogens is 418 g/mol. The van der Waals surface area contributed by atoms with E-state index in [1.165, 1.54) is 154 Å². The topological polar surface area (TPSA) is 52.3 Å². The third-order valence-electron chi connectivity index (χ3n) is 6.84. The minimum absolute atomic E-state index is 0.315. The van der Waals surface area contributed by atoms with Gasteiger partial charge in [-0.3, -0.25) is 0 Å². The van der Waals surface area contributed by atoms with E-state index in [1.807, 2.05) is 0 Å². The first kappa shape index (κ1) is 33.0. The summed E-state index contributed by atoms with van der Waals surface area (Å²) in [6.45, 7) is 4.51. The summed E-state index contributed by atoms with van der Waals surface area (Å²) in [5, 5.41) is 0. The fourth-order valence-electron chi connectivity index (χ4n) is 4.64. The summed E-state index contributed by atoms with van der Waals surface area (Å²) < 4.78 is 5.11. The zero-order valence-electron chi connectivity index (χ0n) is 23.4. The predicted molar refractivity (Wildman–Crippen MR) is 150 cm³/mol. The normalized spacial score (nSPS) is 11.8. The summed E-state index contributed by atoms with van der Waals surface area (Å²) >= 11 is 0. The van der Waals surface area contributed by atoms with Crippen molar-refractivity contribution in [2.45, 2.75) is 174 Å². The molecule has 0 aliphatic carbocycles. The van der Waals surface area contributed by atoms with Gasteiger partial charge in [0.15, 0.2) is 0 Å². The molecule has 0 bridgehead atoms. The van der Waals surface area contributed by atoms with E-state index in [-0.39, 0.29) is 5.97 Å². The van der Waals surface area contributed by atoms with Crippen LogP contribution in [0.25, 0.3) is 0 Å². The quantitative estimate of drug-likeness (QED) is 0.0724. The Hall–Kier alpha value is -0.990. The number of allylic oxidation sites excluding steroid dienone is 1. The Bertz CT molecular complexity index is 443. The molecule has 0 unspecified atom stereocenters. The molecule has 0 rings (SSSR count). The van der Waals surface area contributed by atoms with Gasteiger partial charge in [0, 0.05) is 11.8 Å². The van der Waals surface area contributed by atoms with Gasteiger partial charge in [0.05, 0.1) is 6.61 Å². The van der Waals surface area contributed by atoms with Crippen molar-refractivity contribution in [1.82, 2.24) is 0 Å². The second-order valence-corrected chi connectivity index (χ2v) is 10.5. The summed E-state index contributed by atoms with van der Waals surface area (Å²) in [5.41, 5.74) is 5.95. The molecule has 0 aromatic rings. The molecule has 0 radical (unpaired) electrons. The molecule has 0 aliphatic heterocycles. The zero-order valence-corrected chi connectivity index (χ0v) is 23.4. The van der Waals surface area contributed by atoms with Crippen LogP contribution in [0, 0.1) is 0 Å². The second-order valence-electron chi connectivity index (χ2n) is 10.5. The van der Waals surface area contributed by atoms with Crippen molar-refractivity contribution in [2.75, 3.05) is 6.61 Å². The van der Waals surface area contributed by atoms with Crippen LogP contribution in [0.1, 0.15) is 174 Å². The van der Waals surface area contributed by atoms with Crippen molar-refractivity contribution in [3.63, 3.8) is 0 Å². The fourth-order valence-corrected chi connectivity index (χ4v) is 4.64. The molecule has 0 aromatic heterocycles. The lowest BCUT2D eigenvalue weighted by Crippen LogP contribution is -2.05. The summed E-state index contributed by atoms with van der Waals surface area (Å²) in [6, 6.07) is 0. The van der Waals surface area contributed by atoms with Gasteiger partial charge in [0.25, 0.3) is 0 Å². The third-order valence-corrected chi connectivity index (χ3v) is 6.84. The third kappa shape index (κ3) is 29.0. The Kier molecular flexibility index (Phi) is 27.4. The molecule has 0 aliphatic rings. The van der Waals surface area contributed by atoms with Crippen LogP contribution >= 0.6 is 0 Å². The molecule has 202 valence electrons. The first-order chi connectivity index (χ1) is 16.7. The van der Waals surface area contributed by atoms with Gasteiger partial charge in [-0.1, -0.05) is 161 Å². The molecule has 0 saturated carbocycles. The van der Waals surface area contributed by atoms with Gasteiger partial charge in [-0.15, -0.1) is 0 Å². The fraction of sp³-hybridized carbons (Fsp3) is 0.903. The number of hydrogen-bond acceptors (Lipinski definition) is 3. The van der Waals surface area contributed by atoms with Crippen molar-refractivity contribution in [2.24, 2.45) is 5.73 Å². The molecule has 3 nitrogen and oxygen atoms in total. The van der Waals surface area contributed by atoms with E-state index in [4.69, 9.17) is 10.5 Å². The predicted octanol–water partition coefficient (Wildman–Crippen LogP) is 10.2. The number of esters is 1. The molecule has 0 aromatic carbocycles. The molecule has 0 fully saturated rings. The first-order valence-corrected chi connectivity index (χ1v) is 15.3. The Morgan fingerprint density at radius 2 is 0.794 bits per heavy atom. The monoisotopic (exact) mass is 479 g/mol. The lowest BCUT2D eigenvalue weighted by Gasteiger charge is -2.05. The summed E-state index contributed by atoms with van der Waals surface area (Å²) in [6.07, 6.45) is 36.3. The van der Waals surface area contributed by atoms with Gasteiger partial charge in [-0.05, 0) is 13.3 Å². The maximum Gasteiger partial charge on any atom is 0.332 e. The molecule has 34 heavy (non-hydrogen) atoms. The van der Waals surface area contributed by atoms with Gasteiger partial charge in [0.2, 0.25) is 0 Å². The molecule has 3 heteroatoms. The molecule has 0 heterocycles. The highest BCUT2D eigenvalue weighted by Gasteiger charge is 1.99. The largest absolute Gasteiger partial charge is 0.462 e. The number of hydrogen-bond donors (Lipinski definition) is 1. The summed E-state index contributed by atoms with van der Waals surface area (Å²) in [7, 11) is 0. The van der Waals surface area contributed by atoms with Gasteiger partial charge in [0.1, 0.15) is 0 Å². The van der Waals surface area contributed by atoms with E-state index >= 15 is 0 Å². The van der Waals surface area contributed by atoms with E-state index in [0.717, 1.165) is 12.8 Å². The second kappa shape index (κ2) is 28.2. The van der Waals surface area contributed by atoms with Gasteiger partial charge in [-0.25, -0.2) is 4.79 Å². The Balaban J connectivity index is 3.08. The average Bonchev–Trinajstić information content (AvgIpc) is 2.81. The van der Waals surface area contributed by atoms with Crippen molar-refractivity contribution in [3.8, 4) is 0 Å². The minimum Gasteiger partial charge on any atom is -0.462 e. The van der Waals surface area contributed by atoms with Crippen molar-refractivity contribution >= 4 is 5.97 Å². The highest BCUT2D eigenvalue weighted by atomic mass is 16.5. The molecule has 0 atom stereocenters. The number of carbonyl (C=O) groups is 1. The van der Waals surface area contributed by atoms with Crippen molar-refractivity contribution < 1.29 is 9.53 Å². The average molecular weight is 480 g/mol. The van der Waals surface area contributed by atoms with E-state index in [1.54, 1.807) is 6.92 Å². The summed E-state index contributed by atoms with van der Waals surface area (Å²) in [5.74, 6) is -0.315. The zero-order chi connectivity index (χ0) is 25.0. The molecule has 2 N–H and O–H groups in total. The first-order valence-electron chi connectivity index (χ1n) is 15.3.